The van der Waals surface area contributed by atoms with Crippen molar-refractivity contribution < 1.29 is 9.13 Å². The molecule has 2 fully saturated rings. The fourth-order valence-corrected chi connectivity index (χ4v) is 4.15. The van der Waals surface area contributed by atoms with Crippen LogP contribution >= 0.6 is 11.3 Å². The number of nitrogens with zero attached hydrogens (tertiary/aromatic N) is 2. The Labute approximate surface area is 140 Å². The lowest BCUT2D eigenvalue weighted by molar-refractivity contribution is 0.144. The molecular weight excluding hydrogens is 311 g/mol. The fourth-order valence-electron chi connectivity index (χ4n) is 3.53. The summed E-state index contributed by atoms with van der Waals surface area (Å²) in [4.78, 5) is 8.04. The maximum Gasteiger partial charge on any atom is 0.123 e. The molecule has 4 rings (SSSR count). The molecule has 0 N–H and O–H groups in total. The number of thiazole rings is 1. The van der Waals surface area contributed by atoms with E-state index in [0.717, 1.165) is 31.7 Å². The Bertz CT molecular complexity index is 651. The van der Waals surface area contributed by atoms with Crippen molar-refractivity contribution in [3.63, 3.8) is 0 Å². The minimum atomic E-state index is -0.158. The van der Waals surface area contributed by atoms with Gasteiger partial charge in [0.05, 0.1) is 12.1 Å². The Morgan fingerprint density at radius 3 is 2.96 bits per heavy atom. The van der Waals surface area contributed by atoms with Crippen LogP contribution in [0.2, 0.25) is 0 Å². The molecule has 122 valence electrons. The molecule has 1 aliphatic carbocycles. The molecular formula is C18H21FN2OS. The molecule has 0 radical (unpaired) electrons. The molecule has 3 nitrogen and oxygen atoms in total. The molecule has 2 aliphatic rings. The zero-order chi connectivity index (χ0) is 15.7. The van der Waals surface area contributed by atoms with Crippen molar-refractivity contribution in [2.45, 2.75) is 37.3 Å². The summed E-state index contributed by atoms with van der Waals surface area (Å²) in [6.45, 7) is 3.31. The Balaban J connectivity index is 1.59. The number of halogens is 1. The number of hydrogen-bond donors (Lipinski definition) is 0. The Morgan fingerprint density at radius 1 is 1.39 bits per heavy atom. The second kappa shape index (κ2) is 6.30. The summed E-state index contributed by atoms with van der Waals surface area (Å²) in [6, 6.07) is 7.73. The molecule has 0 spiro atoms. The van der Waals surface area contributed by atoms with Crippen LogP contribution in [0.25, 0.3) is 0 Å². The van der Waals surface area contributed by atoms with Crippen LogP contribution in [-0.4, -0.2) is 35.7 Å². The molecule has 1 saturated heterocycles. The van der Waals surface area contributed by atoms with Gasteiger partial charge in [-0.3, -0.25) is 9.88 Å². The monoisotopic (exact) mass is 332 g/mol. The van der Waals surface area contributed by atoms with E-state index in [9.17, 15) is 4.39 Å². The molecule has 5 heteroatoms. The molecule has 1 aromatic carbocycles. The topological polar surface area (TPSA) is 25.4 Å². The Hall–Kier alpha value is -1.30. The van der Waals surface area contributed by atoms with Crippen molar-refractivity contribution in [1.29, 1.82) is 0 Å². The number of rotatable bonds is 6. The summed E-state index contributed by atoms with van der Waals surface area (Å²) in [5, 5.41) is 0. The molecule has 0 bridgehead atoms. The number of hydrogen-bond acceptors (Lipinski definition) is 4. The highest BCUT2D eigenvalue weighted by molar-refractivity contribution is 7.09. The van der Waals surface area contributed by atoms with Crippen LogP contribution in [-0.2, 0) is 16.7 Å². The van der Waals surface area contributed by atoms with Gasteiger partial charge in [0, 0.05) is 42.2 Å². The maximum atomic E-state index is 13.7. The predicted octanol–water partition coefficient (Wildman–Crippen LogP) is 3.60. The smallest absolute Gasteiger partial charge is 0.123 e. The summed E-state index contributed by atoms with van der Waals surface area (Å²) in [7, 11) is 0. The average Bonchev–Trinajstić information content (AvgIpc) is 3.07. The van der Waals surface area contributed by atoms with Gasteiger partial charge in [0.1, 0.15) is 5.82 Å². The normalized spacial score (nSPS) is 24.4. The van der Waals surface area contributed by atoms with E-state index in [1.54, 1.807) is 17.4 Å². The lowest BCUT2D eigenvalue weighted by Gasteiger charge is -2.35. The molecule has 0 amide bonds. The van der Waals surface area contributed by atoms with Gasteiger partial charge in [-0.05, 0) is 37.0 Å². The third-order valence-electron chi connectivity index (χ3n) is 4.95. The summed E-state index contributed by atoms with van der Waals surface area (Å²) in [6.07, 6.45) is 5.44. The molecule has 1 atom stereocenters. The van der Waals surface area contributed by atoms with Crippen LogP contribution in [0.1, 0.15) is 29.7 Å². The van der Waals surface area contributed by atoms with Crippen LogP contribution in [0.3, 0.4) is 0 Å². The molecule has 1 unspecified atom stereocenters. The van der Waals surface area contributed by atoms with Gasteiger partial charge in [0.25, 0.3) is 0 Å². The second-order valence-electron chi connectivity index (χ2n) is 6.70. The fraction of sp³-hybridized carbons (Fsp3) is 0.500. The first-order valence-corrected chi connectivity index (χ1v) is 9.08. The first-order valence-electron chi connectivity index (χ1n) is 8.20. The van der Waals surface area contributed by atoms with Gasteiger partial charge in [-0.2, -0.15) is 0 Å². The predicted molar refractivity (Wildman–Crippen MR) is 89.1 cm³/mol. The van der Waals surface area contributed by atoms with E-state index in [-0.39, 0.29) is 11.2 Å². The van der Waals surface area contributed by atoms with E-state index < -0.39 is 0 Å². The maximum absolute atomic E-state index is 13.7. The van der Waals surface area contributed by atoms with Gasteiger partial charge in [0.2, 0.25) is 0 Å². The Morgan fingerprint density at radius 2 is 2.30 bits per heavy atom. The average molecular weight is 332 g/mol. The summed E-state index contributed by atoms with van der Waals surface area (Å²) < 4.78 is 19.5. The molecule has 23 heavy (non-hydrogen) atoms. The standard InChI is InChI=1S/C18H21FN2OS/c19-15-3-1-2-14(8-15)18(6-7-22-12-18)11-21(16-4-5-16)10-17-9-20-13-23-17/h1-3,8-9,13,16H,4-7,10-12H2. The van der Waals surface area contributed by atoms with Gasteiger partial charge in [-0.15, -0.1) is 11.3 Å². The van der Waals surface area contributed by atoms with Gasteiger partial charge >= 0.3 is 0 Å². The minimum absolute atomic E-state index is 0.0879. The Kier molecular flexibility index (Phi) is 4.18. The SMILES string of the molecule is Fc1cccc(C2(CN(Cc3cncs3)C3CC3)CCOC2)c1. The van der Waals surface area contributed by atoms with Gasteiger partial charge in [-0.25, -0.2) is 4.39 Å². The first-order chi connectivity index (χ1) is 11.3. The molecule has 1 aliphatic heterocycles. The summed E-state index contributed by atoms with van der Waals surface area (Å²) >= 11 is 1.71. The van der Waals surface area contributed by atoms with Crippen molar-refractivity contribution in [3.8, 4) is 0 Å². The third kappa shape index (κ3) is 3.32. The quantitative estimate of drug-likeness (QED) is 0.808. The zero-order valence-corrected chi connectivity index (χ0v) is 13.9. The van der Waals surface area contributed by atoms with E-state index in [0.29, 0.717) is 12.6 Å². The highest BCUT2D eigenvalue weighted by Gasteiger charge is 2.41. The van der Waals surface area contributed by atoms with Crippen LogP contribution in [0, 0.1) is 5.82 Å². The van der Waals surface area contributed by atoms with Crippen molar-refractivity contribution in [1.82, 2.24) is 9.88 Å². The lowest BCUT2D eigenvalue weighted by atomic mass is 9.79. The van der Waals surface area contributed by atoms with Crippen LogP contribution in [0.5, 0.6) is 0 Å². The summed E-state index contributed by atoms with van der Waals surface area (Å²) in [5.41, 5.74) is 2.88. The van der Waals surface area contributed by atoms with E-state index in [2.05, 4.69) is 16.0 Å². The molecule has 1 saturated carbocycles. The van der Waals surface area contributed by atoms with Crippen LogP contribution in [0.15, 0.2) is 36.0 Å². The number of benzene rings is 1. The van der Waals surface area contributed by atoms with Crippen molar-refractivity contribution >= 4 is 11.3 Å². The van der Waals surface area contributed by atoms with Gasteiger partial charge in [0.15, 0.2) is 0 Å². The molecule has 2 aromatic rings. The van der Waals surface area contributed by atoms with E-state index in [1.165, 1.54) is 23.8 Å². The van der Waals surface area contributed by atoms with Gasteiger partial charge < -0.3 is 4.74 Å². The van der Waals surface area contributed by atoms with Crippen LogP contribution < -0.4 is 0 Å². The third-order valence-corrected chi connectivity index (χ3v) is 5.72. The summed E-state index contributed by atoms with van der Waals surface area (Å²) in [5.74, 6) is -0.158. The first kappa shape index (κ1) is 15.2. The second-order valence-corrected chi connectivity index (χ2v) is 7.67. The molecule has 1 aromatic heterocycles. The van der Waals surface area contributed by atoms with Crippen LogP contribution in [0.4, 0.5) is 4.39 Å². The highest BCUT2D eigenvalue weighted by atomic mass is 32.1. The van der Waals surface area contributed by atoms with E-state index >= 15 is 0 Å². The largest absolute Gasteiger partial charge is 0.380 e. The lowest BCUT2D eigenvalue weighted by Crippen LogP contribution is -2.42. The zero-order valence-electron chi connectivity index (χ0n) is 13.1. The number of aromatic nitrogens is 1. The van der Waals surface area contributed by atoms with E-state index in [1.807, 2.05) is 17.8 Å². The van der Waals surface area contributed by atoms with Crippen molar-refractivity contribution in [2.75, 3.05) is 19.8 Å². The van der Waals surface area contributed by atoms with Gasteiger partial charge in [-0.1, -0.05) is 12.1 Å². The minimum Gasteiger partial charge on any atom is -0.380 e. The highest BCUT2D eigenvalue weighted by Crippen LogP contribution is 2.38. The number of ether oxygens (including phenoxy) is 1. The molecule has 2 heterocycles. The van der Waals surface area contributed by atoms with Crippen molar-refractivity contribution in [2.24, 2.45) is 0 Å². The van der Waals surface area contributed by atoms with Crippen molar-refractivity contribution in [3.05, 3.63) is 52.2 Å². The van der Waals surface area contributed by atoms with E-state index in [4.69, 9.17) is 4.74 Å².